The zero-order valence-electron chi connectivity index (χ0n) is 15.9. The van der Waals surface area contributed by atoms with Gasteiger partial charge in [0.1, 0.15) is 5.75 Å². The molecule has 0 fully saturated rings. The van der Waals surface area contributed by atoms with Crippen molar-refractivity contribution >= 4 is 11.9 Å². The fourth-order valence-corrected chi connectivity index (χ4v) is 2.50. The number of guanidine groups is 1. The van der Waals surface area contributed by atoms with Crippen LogP contribution in [0.5, 0.6) is 17.2 Å². The number of nitrogens with zero attached hydrogens (tertiary/aromatic N) is 1. The molecule has 0 amide bonds. The summed E-state index contributed by atoms with van der Waals surface area (Å²) in [6, 6.07) is 2.97. The number of fused-ring (bicyclic) bond motifs is 1. The van der Waals surface area contributed by atoms with E-state index in [1.54, 1.807) is 6.07 Å². The molecule has 1 aromatic rings. The largest absolute Gasteiger partial charge is 0.469 e. The molecule has 0 radical (unpaired) electrons. The van der Waals surface area contributed by atoms with Crippen molar-refractivity contribution in [2.45, 2.75) is 39.3 Å². The fourth-order valence-electron chi connectivity index (χ4n) is 2.50. The van der Waals surface area contributed by atoms with Crippen molar-refractivity contribution in [3.63, 3.8) is 0 Å². The highest BCUT2D eigenvalue weighted by Crippen LogP contribution is 2.38. The van der Waals surface area contributed by atoms with E-state index in [9.17, 15) is 13.6 Å². The van der Waals surface area contributed by atoms with Gasteiger partial charge in [0.25, 0.3) is 0 Å². The number of methoxy groups -OCH3 is 1. The van der Waals surface area contributed by atoms with Gasteiger partial charge in [-0.2, -0.15) is 8.78 Å². The molecule has 0 aliphatic carbocycles. The van der Waals surface area contributed by atoms with Crippen LogP contribution >= 0.6 is 0 Å². The third kappa shape index (κ3) is 6.75. The van der Waals surface area contributed by atoms with E-state index in [4.69, 9.17) is 9.47 Å². The summed E-state index contributed by atoms with van der Waals surface area (Å²) in [6.07, 6.45) is 1.80. The van der Waals surface area contributed by atoms with Gasteiger partial charge in [0.05, 0.1) is 13.7 Å². The second-order valence-electron chi connectivity index (χ2n) is 5.85. The van der Waals surface area contributed by atoms with E-state index in [2.05, 4.69) is 25.1 Å². The van der Waals surface area contributed by atoms with Crippen LogP contribution in [0.25, 0.3) is 0 Å². The Morgan fingerprint density at radius 2 is 2.00 bits per heavy atom. The quantitative estimate of drug-likeness (QED) is 0.269. The van der Waals surface area contributed by atoms with Crippen molar-refractivity contribution < 1.29 is 32.5 Å². The number of aliphatic imine (C=N–C) groups is 1. The average Bonchev–Trinajstić information content (AvgIpc) is 3.12. The van der Waals surface area contributed by atoms with Gasteiger partial charge in [-0.05, 0) is 25.8 Å². The summed E-state index contributed by atoms with van der Waals surface area (Å²) in [5, 5.41) is 6.22. The molecule has 1 aliphatic rings. The molecule has 8 nitrogen and oxygen atoms in total. The van der Waals surface area contributed by atoms with Gasteiger partial charge in [0.15, 0.2) is 17.5 Å². The lowest BCUT2D eigenvalue weighted by Crippen LogP contribution is -2.37. The molecule has 0 unspecified atom stereocenters. The number of carbonyl (C=O) groups is 1. The molecule has 0 saturated carbocycles. The highest BCUT2D eigenvalue weighted by molar-refractivity contribution is 5.79. The maximum Gasteiger partial charge on any atom is 0.387 e. The van der Waals surface area contributed by atoms with Gasteiger partial charge in [-0.3, -0.25) is 4.79 Å². The number of alkyl halides is 2. The van der Waals surface area contributed by atoms with Crippen LogP contribution in [0.3, 0.4) is 0 Å². The number of hydrogen-bond donors (Lipinski definition) is 2. The molecule has 1 aromatic carbocycles. The number of carbonyl (C=O) groups excluding carboxylic acids is 1. The standard InChI is InChI=1S/C18H25F2N3O5/c1-3-21-18(22-7-5-4-6-16(24)25-2)23-10-12-8-14-15(27-11-26-14)9-13(12)28-17(19)20/h8-9,17H,3-7,10-11H2,1-2H3,(H2,21,22,23). The fraction of sp³-hybridized carbons (Fsp3) is 0.556. The van der Waals surface area contributed by atoms with Crippen molar-refractivity contribution in [1.29, 1.82) is 0 Å². The zero-order chi connectivity index (χ0) is 20.4. The minimum absolute atomic E-state index is 0.00285. The number of unbranched alkanes of at least 4 members (excludes halogenated alkanes) is 1. The Balaban J connectivity index is 1.98. The van der Waals surface area contributed by atoms with Gasteiger partial charge >= 0.3 is 12.6 Å². The number of ether oxygens (including phenoxy) is 4. The minimum Gasteiger partial charge on any atom is -0.469 e. The maximum atomic E-state index is 12.7. The Kier molecular flexibility index (Phi) is 8.57. The van der Waals surface area contributed by atoms with Gasteiger partial charge in [-0.1, -0.05) is 0 Å². The second-order valence-corrected chi connectivity index (χ2v) is 5.85. The van der Waals surface area contributed by atoms with Crippen LogP contribution in [0.15, 0.2) is 17.1 Å². The van der Waals surface area contributed by atoms with Crippen LogP contribution in [0, 0.1) is 0 Å². The van der Waals surface area contributed by atoms with Crippen LogP contribution in [0.2, 0.25) is 0 Å². The lowest BCUT2D eigenvalue weighted by molar-refractivity contribution is -0.140. The normalized spacial score (nSPS) is 12.8. The highest BCUT2D eigenvalue weighted by atomic mass is 19.3. The van der Waals surface area contributed by atoms with Crippen LogP contribution in [0.1, 0.15) is 31.7 Å². The molecular formula is C18H25F2N3O5. The molecule has 1 aliphatic heterocycles. The average molecular weight is 401 g/mol. The summed E-state index contributed by atoms with van der Waals surface area (Å²) in [4.78, 5) is 15.5. The molecule has 0 saturated heterocycles. The minimum atomic E-state index is -2.95. The van der Waals surface area contributed by atoms with Crippen molar-refractivity contribution in [2.75, 3.05) is 27.0 Å². The summed E-state index contributed by atoms with van der Waals surface area (Å²) in [7, 11) is 1.36. The van der Waals surface area contributed by atoms with Gasteiger partial charge in [0.2, 0.25) is 6.79 Å². The molecule has 156 valence electrons. The van der Waals surface area contributed by atoms with E-state index in [0.717, 1.165) is 6.42 Å². The first-order valence-corrected chi connectivity index (χ1v) is 8.99. The molecule has 10 heteroatoms. The van der Waals surface area contributed by atoms with E-state index in [1.807, 2.05) is 6.92 Å². The van der Waals surface area contributed by atoms with Crippen molar-refractivity contribution in [3.05, 3.63) is 17.7 Å². The Labute approximate surface area is 162 Å². The number of benzene rings is 1. The Morgan fingerprint density at radius 3 is 2.68 bits per heavy atom. The van der Waals surface area contributed by atoms with E-state index >= 15 is 0 Å². The predicted octanol–water partition coefficient (Wildman–Crippen LogP) is 2.42. The molecule has 0 bridgehead atoms. The molecule has 2 rings (SSSR count). The van der Waals surface area contributed by atoms with Crippen LogP contribution in [-0.2, 0) is 16.1 Å². The summed E-state index contributed by atoms with van der Waals surface area (Å²) in [5.41, 5.74) is 0.451. The van der Waals surface area contributed by atoms with Crippen LogP contribution in [-0.4, -0.2) is 45.5 Å². The van der Waals surface area contributed by atoms with Crippen molar-refractivity contribution in [1.82, 2.24) is 10.6 Å². The second kappa shape index (κ2) is 11.2. The number of hydrogen-bond acceptors (Lipinski definition) is 6. The number of rotatable bonds is 10. The smallest absolute Gasteiger partial charge is 0.387 e. The monoisotopic (exact) mass is 401 g/mol. The molecule has 0 aromatic heterocycles. The van der Waals surface area contributed by atoms with Crippen LogP contribution < -0.4 is 24.8 Å². The van der Waals surface area contributed by atoms with E-state index in [0.29, 0.717) is 49.0 Å². The lowest BCUT2D eigenvalue weighted by atomic mass is 10.1. The summed E-state index contributed by atoms with van der Waals surface area (Å²) in [5.74, 6) is 1.11. The molecule has 0 spiro atoms. The summed E-state index contributed by atoms with van der Waals surface area (Å²) >= 11 is 0. The highest BCUT2D eigenvalue weighted by Gasteiger charge is 2.20. The Morgan fingerprint density at radius 1 is 1.25 bits per heavy atom. The summed E-state index contributed by atoms with van der Waals surface area (Å²) in [6.45, 7) is 0.340. The Hall–Kier alpha value is -2.78. The molecular weight excluding hydrogens is 376 g/mol. The first kappa shape index (κ1) is 21.5. The molecule has 28 heavy (non-hydrogen) atoms. The van der Waals surface area contributed by atoms with E-state index in [1.165, 1.54) is 13.2 Å². The number of halogens is 2. The topological polar surface area (TPSA) is 90.4 Å². The molecule has 1 heterocycles. The lowest BCUT2D eigenvalue weighted by Gasteiger charge is -2.13. The van der Waals surface area contributed by atoms with Gasteiger partial charge in [-0.15, -0.1) is 0 Å². The van der Waals surface area contributed by atoms with Crippen molar-refractivity contribution in [2.24, 2.45) is 4.99 Å². The van der Waals surface area contributed by atoms with Gasteiger partial charge in [-0.25, -0.2) is 4.99 Å². The third-order valence-corrected chi connectivity index (χ3v) is 3.85. The Bertz CT molecular complexity index is 685. The third-order valence-electron chi connectivity index (χ3n) is 3.85. The van der Waals surface area contributed by atoms with Crippen LogP contribution in [0.4, 0.5) is 8.78 Å². The number of esters is 1. The van der Waals surface area contributed by atoms with Crippen molar-refractivity contribution in [3.8, 4) is 17.2 Å². The van der Waals surface area contributed by atoms with Gasteiger partial charge < -0.3 is 29.6 Å². The predicted molar refractivity (Wildman–Crippen MR) is 97.9 cm³/mol. The van der Waals surface area contributed by atoms with E-state index < -0.39 is 6.61 Å². The first-order chi connectivity index (χ1) is 13.5. The SMILES string of the molecule is CCNC(=NCc1cc2c(cc1OC(F)F)OCO2)NCCCCC(=O)OC. The molecule has 2 N–H and O–H groups in total. The van der Waals surface area contributed by atoms with E-state index in [-0.39, 0.29) is 25.1 Å². The van der Waals surface area contributed by atoms with Gasteiger partial charge in [0, 0.05) is 31.1 Å². The molecule has 0 atom stereocenters. The summed E-state index contributed by atoms with van der Waals surface area (Å²) < 4.78 is 45.1. The zero-order valence-corrected chi connectivity index (χ0v) is 15.9. The maximum absolute atomic E-state index is 12.7. The first-order valence-electron chi connectivity index (χ1n) is 8.99. The number of nitrogens with one attached hydrogen (secondary N) is 2.